The van der Waals surface area contributed by atoms with Crippen molar-refractivity contribution in [2.45, 2.75) is 19.1 Å². The average Bonchev–Trinajstić information content (AvgIpc) is 2.53. The van der Waals surface area contributed by atoms with Gasteiger partial charge in [-0.05, 0) is 36.8 Å². The van der Waals surface area contributed by atoms with Gasteiger partial charge in [0.25, 0.3) is 0 Å². The Hall–Kier alpha value is -1.91. The van der Waals surface area contributed by atoms with E-state index >= 15 is 0 Å². The predicted molar refractivity (Wildman–Crippen MR) is 80.8 cm³/mol. The van der Waals surface area contributed by atoms with E-state index in [0.717, 1.165) is 0 Å². The summed E-state index contributed by atoms with van der Waals surface area (Å²) < 4.78 is 18.1. The molecule has 0 saturated heterocycles. The zero-order valence-electron chi connectivity index (χ0n) is 12.0. The standard InChI is InChI=1S/C17H20FNO2/c1-13(14-5-3-2-4-6-14)19-11-16(20)12-21-17-9-7-15(18)8-10-17/h2-10,13,16,19-20H,11-12H2,1H3/t13-,16+/m0/s1. The van der Waals surface area contributed by atoms with Gasteiger partial charge in [-0.3, -0.25) is 0 Å². The van der Waals surface area contributed by atoms with Gasteiger partial charge in [0.1, 0.15) is 24.3 Å². The minimum Gasteiger partial charge on any atom is -0.491 e. The number of nitrogens with one attached hydrogen (secondary N) is 1. The zero-order chi connectivity index (χ0) is 15.1. The van der Waals surface area contributed by atoms with Crippen LogP contribution in [-0.2, 0) is 0 Å². The Morgan fingerprint density at radius 3 is 2.43 bits per heavy atom. The van der Waals surface area contributed by atoms with Crippen molar-refractivity contribution in [3.8, 4) is 5.75 Å². The summed E-state index contributed by atoms with van der Waals surface area (Å²) >= 11 is 0. The molecule has 2 aromatic carbocycles. The van der Waals surface area contributed by atoms with Gasteiger partial charge >= 0.3 is 0 Å². The molecule has 0 aliphatic heterocycles. The second-order valence-corrected chi connectivity index (χ2v) is 4.96. The van der Waals surface area contributed by atoms with Crippen LogP contribution in [0.2, 0.25) is 0 Å². The van der Waals surface area contributed by atoms with Crippen molar-refractivity contribution in [1.82, 2.24) is 5.32 Å². The van der Waals surface area contributed by atoms with E-state index in [9.17, 15) is 9.50 Å². The normalized spacial score (nSPS) is 13.7. The lowest BCUT2D eigenvalue weighted by atomic mass is 10.1. The first kappa shape index (κ1) is 15.5. The predicted octanol–water partition coefficient (Wildman–Crippen LogP) is 2.92. The van der Waals surface area contributed by atoms with E-state index in [0.29, 0.717) is 12.3 Å². The Balaban J connectivity index is 1.72. The van der Waals surface area contributed by atoms with Gasteiger partial charge in [0, 0.05) is 12.6 Å². The molecule has 0 bridgehead atoms. The molecule has 0 spiro atoms. The first-order valence-corrected chi connectivity index (χ1v) is 7.00. The summed E-state index contributed by atoms with van der Waals surface area (Å²) in [6.07, 6.45) is -0.624. The van der Waals surface area contributed by atoms with Gasteiger partial charge < -0.3 is 15.2 Å². The molecule has 0 aliphatic carbocycles. The van der Waals surface area contributed by atoms with Crippen LogP contribution in [0.15, 0.2) is 54.6 Å². The van der Waals surface area contributed by atoms with Crippen molar-refractivity contribution >= 4 is 0 Å². The fourth-order valence-corrected chi connectivity index (χ4v) is 1.95. The Bertz CT molecular complexity index is 530. The average molecular weight is 289 g/mol. The molecular formula is C17H20FNO2. The highest BCUT2D eigenvalue weighted by atomic mass is 19.1. The van der Waals surface area contributed by atoms with E-state index in [-0.39, 0.29) is 18.5 Å². The van der Waals surface area contributed by atoms with Gasteiger partial charge in [-0.2, -0.15) is 0 Å². The number of ether oxygens (including phenoxy) is 1. The molecule has 112 valence electrons. The maximum Gasteiger partial charge on any atom is 0.123 e. The van der Waals surface area contributed by atoms with E-state index in [1.165, 1.54) is 17.7 Å². The molecule has 2 rings (SSSR count). The Morgan fingerprint density at radius 2 is 1.76 bits per heavy atom. The summed E-state index contributed by atoms with van der Waals surface area (Å²) in [6, 6.07) is 15.9. The topological polar surface area (TPSA) is 41.5 Å². The van der Waals surface area contributed by atoms with Gasteiger partial charge in [0.15, 0.2) is 0 Å². The highest BCUT2D eigenvalue weighted by molar-refractivity contribution is 5.22. The third kappa shape index (κ3) is 5.17. The van der Waals surface area contributed by atoms with Crippen molar-refractivity contribution < 1.29 is 14.2 Å². The Morgan fingerprint density at radius 1 is 1.10 bits per heavy atom. The van der Waals surface area contributed by atoms with Crippen molar-refractivity contribution in [1.29, 1.82) is 0 Å². The maximum absolute atomic E-state index is 12.7. The smallest absolute Gasteiger partial charge is 0.123 e. The molecular weight excluding hydrogens is 269 g/mol. The van der Waals surface area contributed by atoms with Crippen molar-refractivity contribution in [2.75, 3.05) is 13.2 Å². The van der Waals surface area contributed by atoms with Crippen LogP contribution in [0.1, 0.15) is 18.5 Å². The molecule has 0 unspecified atom stereocenters. The van der Waals surface area contributed by atoms with Crippen LogP contribution in [0.25, 0.3) is 0 Å². The Kier molecular flexibility index (Phi) is 5.72. The number of aliphatic hydroxyl groups excluding tert-OH is 1. The molecule has 2 aromatic rings. The maximum atomic E-state index is 12.7. The third-order valence-electron chi connectivity index (χ3n) is 3.22. The molecule has 0 aromatic heterocycles. The molecule has 21 heavy (non-hydrogen) atoms. The fourth-order valence-electron chi connectivity index (χ4n) is 1.95. The molecule has 0 heterocycles. The highest BCUT2D eigenvalue weighted by Gasteiger charge is 2.09. The lowest BCUT2D eigenvalue weighted by molar-refractivity contribution is 0.104. The lowest BCUT2D eigenvalue weighted by Gasteiger charge is -2.18. The van der Waals surface area contributed by atoms with Crippen LogP contribution in [0.5, 0.6) is 5.75 Å². The van der Waals surface area contributed by atoms with Crippen LogP contribution in [0.3, 0.4) is 0 Å². The van der Waals surface area contributed by atoms with Crippen LogP contribution < -0.4 is 10.1 Å². The largest absolute Gasteiger partial charge is 0.491 e. The third-order valence-corrected chi connectivity index (χ3v) is 3.22. The van der Waals surface area contributed by atoms with E-state index < -0.39 is 6.10 Å². The number of rotatable bonds is 7. The van der Waals surface area contributed by atoms with Crippen molar-refractivity contribution in [2.24, 2.45) is 0 Å². The highest BCUT2D eigenvalue weighted by Crippen LogP contribution is 2.12. The summed E-state index contributed by atoms with van der Waals surface area (Å²) in [5, 5.41) is 13.2. The first-order chi connectivity index (χ1) is 10.1. The minimum absolute atomic E-state index is 0.159. The molecule has 0 amide bonds. The van der Waals surface area contributed by atoms with Crippen LogP contribution in [0, 0.1) is 5.82 Å². The van der Waals surface area contributed by atoms with Crippen LogP contribution >= 0.6 is 0 Å². The van der Waals surface area contributed by atoms with Gasteiger partial charge in [0.05, 0.1) is 0 Å². The monoisotopic (exact) mass is 289 g/mol. The summed E-state index contributed by atoms with van der Waals surface area (Å²) in [6.45, 7) is 2.64. The van der Waals surface area contributed by atoms with E-state index in [1.54, 1.807) is 12.1 Å². The van der Waals surface area contributed by atoms with Gasteiger partial charge in [-0.1, -0.05) is 30.3 Å². The van der Waals surface area contributed by atoms with Gasteiger partial charge in [-0.25, -0.2) is 4.39 Å². The van der Waals surface area contributed by atoms with E-state index in [1.807, 2.05) is 37.3 Å². The molecule has 0 fully saturated rings. The van der Waals surface area contributed by atoms with Crippen molar-refractivity contribution in [3.05, 3.63) is 66.0 Å². The molecule has 0 saturated carbocycles. The molecule has 0 aliphatic rings. The molecule has 4 heteroatoms. The second-order valence-electron chi connectivity index (χ2n) is 4.96. The summed E-state index contributed by atoms with van der Waals surface area (Å²) in [5.74, 6) is 0.243. The van der Waals surface area contributed by atoms with Crippen LogP contribution in [0.4, 0.5) is 4.39 Å². The number of hydrogen-bond donors (Lipinski definition) is 2. The number of benzene rings is 2. The molecule has 2 atom stereocenters. The number of halogens is 1. The fraction of sp³-hybridized carbons (Fsp3) is 0.294. The SMILES string of the molecule is C[C@H](NC[C@@H](O)COc1ccc(F)cc1)c1ccccc1. The van der Waals surface area contributed by atoms with E-state index in [4.69, 9.17) is 4.74 Å². The molecule has 3 nitrogen and oxygen atoms in total. The number of hydrogen-bond acceptors (Lipinski definition) is 3. The van der Waals surface area contributed by atoms with E-state index in [2.05, 4.69) is 5.32 Å². The van der Waals surface area contributed by atoms with Crippen LogP contribution in [-0.4, -0.2) is 24.4 Å². The zero-order valence-corrected chi connectivity index (χ0v) is 12.0. The Labute approximate surface area is 124 Å². The number of aliphatic hydroxyl groups is 1. The minimum atomic E-state index is -0.624. The quantitative estimate of drug-likeness (QED) is 0.823. The molecule has 2 N–H and O–H groups in total. The van der Waals surface area contributed by atoms with Gasteiger partial charge in [0.2, 0.25) is 0 Å². The van der Waals surface area contributed by atoms with Gasteiger partial charge in [-0.15, -0.1) is 0 Å². The molecule has 0 radical (unpaired) electrons. The summed E-state index contributed by atoms with van der Waals surface area (Å²) in [4.78, 5) is 0. The second kappa shape index (κ2) is 7.76. The first-order valence-electron chi connectivity index (χ1n) is 7.00. The lowest BCUT2D eigenvalue weighted by Crippen LogP contribution is -2.33. The summed E-state index contributed by atoms with van der Waals surface area (Å²) in [5.41, 5.74) is 1.17. The summed E-state index contributed by atoms with van der Waals surface area (Å²) in [7, 11) is 0. The van der Waals surface area contributed by atoms with Crippen molar-refractivity contribution in [3.63, 3.8) is 0 Å².